The Morgan fingerprint density at radius 2 is 1.64 bits per heavy atom. The van der Waals surface area contributed by atoms with Gasteiger partial charge in [-0.2, -0.15) is 0 Å². The number of carbonyl (C=O) groups is 1. The maximum Gasteiger partial charge on any atom is 0.229 e. The van der Waals surface area contributed by atoms with E-state index in [4.69, 9.17) is 0 Å². The van der Waals surface area contributed by atoms with Crippen LogP contribution in [-0.2, 0) is 10.4 Å². The average molecular weight is 378 g/mol. The molecule has 0 aliphatic carbocycles. The Morgan fingerprint density at radius 1 is 1.12 bits per heavy atom. The highest BCUT2D eigenvalue weighted by Gasteiger charge is 2.40. The van der Waals surface area contributed by atoms with Gasteiger partial charge < -0.3 is 10.0 Å². The van der Waals surface area contributed by atoms with Gasteiger partial charge in [-0.3, -0.25) is 4.79 Å². The van der Waals surface area contributed by atoms with E-state index < -0.39 is 5.60 Å². The first kappa shape index (κ1) is 20.0. The summed E-state index contributed by atoms with van der Waals surface area (Å²) in [7, 11) is 2.11. The van der Waals surface area contributed by atoms with Crippen molar-refractivity contribution in [2.45, 2.75) is 12.0 Å². The third-order valence-corrected chi connectivity index (χ3v) is 5.81. The summed E-state index contributed by atoms with van der Waals surface area (Å²) in [4.78, 5) is 15.3. The summed E-state index contributed by atoms with van der Waals surface area (Å²) in [5, 5.41) is 11.2. The number of nitrogens with zero attached hydrogens (tertiary/aromatic N) is 1. The van der Waals surface area contributed by atoms with E-state index in [0.717, 1.165) is 25.3 Å². The van der Waals surface area contributed by atoms with Crippen LogP contribution >= 0.6 is 24.2 Å². The van der Waals surface area contributed by atoms with Gasteiger partial charge in [-0.05, 0) is 37.1 Å². The molecule has 0 saturated carbocycles. The average Bonchev–Trinajstić information content (AvgIpc) is 3.05. The first-order chi connectivity index (χ1) is 11.6. The highest BCUT2D eigenvalue weighted by atomic mass is 35.5. The molecule has 5 heteroatoms. The summed E-state index contributed by atoms with van der Waals surface area (Å²) in [5.74, 6) is 1.27. The maximum atomic E-state index is 13.0. The summed E-state index contributed by atoms with van der Waals surface area (Å²) in [6, 6.07) is 18.5. The molecule has 1 atom stereocenters. The number of benzene rings is 2. The molecule has 2 aromatic carbocycles. The molecule has 1 aliphatic rings. The minimum absolute atomic E-state index is 0. The van der Waals surface area contributed by atoms with Gasteiger partial charge in [-0.15, -0.1) is 12.4 Å². The van der Waals surface area contributed by atoms with Crippen molar-refractivity contribution >= 4 is 29.3 Å². The molecule has 25 heavy (non-hydrogen) atoms. The number of halogens is 1. The van der Waals surface area contributed by atoms with Gasteiger partial charge in [0.25, 0.3) is 0 Å². The first-order valence-electron chi connectivity index (χ1n) is 8.30. The maximum absolute atomic E-state index is 13.0. The highest BCUT2D eigenvalue weighted by Crippen LogP contribution is 2.35. The number of hydrogen-bond acceptors (Lipinski definition) is 4. The van der Waals surface area contributed by atoms with E-state index in [1.807, 2.05) is 60.7 Å². The topological polar surface area (TPSA) is 40.5 Å². The number of rotatable bonds is 5. The van der Waals surface area contributed by atoms with Crippen LogP contribution in [0.3, 0.4) is 0 Å². The van der Waals surface area contributed by atoms with Gasteiger partial charge in [-0.1, -0.05) is 72.4 Å². The van der Waals surface area contributed by atoms with Crippen LogP contribution in [0.15, 0.2) is 60.7 Å². The number of aliphatic hydroxyl groups is 1. The SMILES string of the molecule is CN1CCC(CSC(=O)C(O)(c2ccccc2)c2ccccc2)C1.Cl. The van der Waals surface area contributed by atoms with Crippen molar-refractivity contribution in [2.75, 3.05) is 25.9 Å². The second-order valence-electron chi connectivity index (χ2n) is 6.46. The Kier molecular flexibility index (Phi) is 7.08. The Bertz CT molecular complexity index is 641. The van der Waals surface area contributed by atoms with Crippen molar-refractivity contribution in [1.82, 2.24) is 4.90 Å². The number of carbonyl (C=O) groups excluding carboxylic acids is 1. The molecule has 0 aromatic heterocycles. The van der Waals surface area contributed by atoms with Gasteiger partial charge in [0.2, 0.25) is 5.12 Å². The normalized spacial score (nSPS) is 17.9. The van der Waals surface area contributed by atoms with Crippen molar-refractivity contribution in [3.63, 3.8) is 0 Å². The molecule has 1 fully saturated rings. The second kappa shape index (κ2) is 8.86. The molecule has 0 spiro atoms. The fourth-order valence-corrected chi connectivity index (χ4v) is 4.33. The lowest BCUT2D eigenvalue weighted by atomic mass is 9.87. The van der Waals surface area contributed by atoms with Crippen LogP contribution < -0.4 is 0 Å². The Balaban J connectivity index is 0.00000225. The molecule has 1 N–H and O–H groups in total. The van der Waals surface area contributed by atoms with Crippen LogP contribution in [0.1, 0.15) is 17.5 Å². The molecular formula is C20H24ClNO2S. The van der Waals surface area contributed by atoms with E-state index in [9.17, 15) is 9.90 Å². The first-order valence-corrected chi connectivity index (χ1v) is 9.28. The lowest BCUT2D eigenvalue weighted by Gasteiger charge is -2.27. The monoisotopic (exact) mass is 377 g/mol. The molecule has 1 unspecified atom stereocenters. The summed E-state index contributed by atoms with van der Waals surface area (Å²) in [6.45, 7) is 2.11. The molecule has 1 saturated heterocycles. The number of hydrogen-bond donors (Lipinski definition) is 1. The lowest BCUT2D eigenvalue weighted by molar-refractivity contribution is -0.124. The fraction of sp³-hybridized carbons (Fsp3) is 0.350. The summed E-state index contributed by atoms with van der Waals surface area (Å²) < 4.78 is 0. The van der Waals surface area contributed by atoms with Gasteiger partial charge in [-0.25, -0.2) is 0 Å². The summed E-state index contributed by atoms with van der Waals surface area (Å²) in [6.07, 6.45) is 1.12. The van der Waals surface area contributed by atoms with Crippen LogP contribution in [0, 0.1) is 5.92 Å². The Labute approximate surface area is 159 Å². The predicted octanol–water partition coefficient (Wildman–Crippen LogP) is 3.56. The number of thioether (sulfide) groups is 1. The zero-order valence-corrected chi connectivity index (χ0v) is 15.9. The van der Waals surface area contributed by atoms with Crippen molar-refractivity contribution < 1.29 is 9.90 Å². The Hall–Kier alpha value is -1.33. The summed E-state index contributed by atoms with van der Waals surface area (Å²) >= 11 is 1.26. The molecule has 134 valence electrons. The molecule has 1 aliphatic heterocycles. The van der Waals surface area contributed by atoms with Crippen molar-refractivity contribution in [1.29, 1.82) is 0 Å². The van der Waals surface area contributed by atoms with E-state index in [1.165, 1.54) is 11.8 Å². The van der Waals surface area contributed by atoms with E-state index in [2.05, 4.69) is 11.9 Å². The fourth-order valence-electron chi connectivity index (χ4n) is 3.22. The Morgan fingerprint density at radius 3 is 2.08 bits per heavy atom. The zero-order chi connectivity index (χ0) is 17.0. The second-order valence-corrected chi connectivity index (χ2v) is 7.45. The van der Waals surface area contributed by atoms with Gasteiger partial charge >= 0.3 is 0 Å². The van der Waals surface area contributed by atoms with Crippen molar-refractivity contribution in [2.24, 2.45) is 5.92 Å². The molecule has 0 amide bonds. The molecule has 0 radical (unpaired) electrons. The van der Waals surface area contributed by atoms with Crippen LogP contribution in [0.5, 0.6) is 0 Å². The minimum Gasteiger partial charge on any atom is -0.372 e. The predicted molar refractivity (Wildman–Crippen MR) is 106 cm³/mol. The van der Waals surface area contributed by atoms with E-state index in [1.54, 1.807) is 0 Å². The summed E-state index contributed by atoms with van der Waals surface area (Å²) in [5.41, 5.74) is -0.355. The van der Waals surface area contributed by atoms with Crippen molar-refractivity contribution in [3.05, 3.63) is 71.8 Å². The van der Waals surface area contributed by atoms with Crippen LogP contribution in [0.2, 0.25) is 0 Å². The van der Waals surface area contributed by atoms with Crippen LogP contribution in [0.25, 0.3) is 0 Å². The van der Waals surface area contributed by atoms with E-state index in [0.29, 0.717) is 17.0 Å². The standard InChI is InChI=1S/C20H23NO2S.ClH/c1-21-13-12-16(14-21)15-24-19(22)20(23,17-8-4-2-5-9-17)18-10-6-3-7-11-18;/h2-11,16,23H,12-15H2,1H3;1H. The van der Waals surface area contributed by atoms with Crippen LogP contribution in [0.4, 0.5) is 0 Å². The third kappa shape index (κ3) is 4.45. The molecule has 0 bridgehead atoms. The van der Waals surface area contributed by atoms with E-state index in [-0.39, 0.29) is 17.5 Å². The smallest absolute Gasteiger partial charge is 0.229 e. The number of likely N-dealkylation sites (tertiary alicyclic amines) is 1. The minimum atomic E-state index is -1.60. The highest BCUT2D eigenvalue weighted by molar-refractivity contribution is 8.13. The van der Waals surface area contributed by atoms with Gasteiger partial charge in [0.1, 0.15) is 0 Å². The van der Waals surface area contributed by atoms with Crippen LogP contribution in [-0.4, -0.2) is 41.0 Å². The zero-order valence-electron chi connectivity index (χ0n) is 14.3. The van der Waals surface area contributed by atoms with Gasteiger partial charge in [0.15, 0.2) is 5.60 Å². The molecule has 2 aromatic rings. The largest absolute Gasteiger partial charge is 0.372 e. The third-order valence-electron chi connectivity index (χ3n) is 4.62. The molecule has 3 rings (SSSR count). The van der Waals surface area contributed by atoms with Gasteiger partial charge in [0, 0.05) is 12.3 Å². The van der Waals surface area contributed by atoms with Crippen molar-refractivity contribution in [3.8, 4) is 0 Å². The van der Waals surface area contributed by atoms with E-state index >= 15 is 0 Å². The lowest BCUT2D eigenvalue weighted by Crippen LogP contribution is -2.35. The molecule has 1 heterocycles. The molecular weight excluding hydrogens is 354 g/mol. The quantitative estimate of drug-likeness (QED) is 0.865. The molecule has 3 nitrogen and oxygen atoms in total. The van der Waals surface area contributed by atoms with Gasteiger partial charge in [0.05, 0.1) is 0 Å².